The highest BCUT2D eigenvalue weighted by atomic mass is 19.4. The van der Waals surface area contributed by atoms with E-state index in [0.29, 0.717) is 6.54 Å². The van der Waals surface area contributed by atoms with Gasteiger partial charge in [-0.2, -0.15) is 18.2 Å². The molecule has 1 N–H and O–H groups in total. The maximum absolute atomic E-state index is 12.7. The molecule has 1 saturated carbocycles. The van der Waals surface area contributed by atoms with E-state index in [9.17, 15) is 13.2 Å². The molecule has 1 aliphatic rings. The molecule has 4 nitrogen and oxygen atoms in total. The van der Waals surface area contributed by atoms with Crippen LogP contribution in [0.25, 0.3) is 0 Å². The molecule has 1 aromatic heterocycles. The third kappa shape index (κ3) is 3.71. The van der Waals surface area contributed by atoms with Gasteiger partial charge in [-0.3, -0.25) is 0 Å². The van der Waals surface area contributed by atoms with Crippen molar-refractivity contribution in [3.05, 3.63) is 11.9 Å². The zero-order valence-electron chi connectivity index (χ0n) is 10.6. The first kappa shape index (κ1) is 13.9. The molecule has 0 aromatic carbocycles. The van der Waals surface area contributed by atoms with Crippen LogP contribution in [-0.2, 0) is 6.18 Å². The van der Waals surface area contributed by atoms with Crippen molar-refractivity contribution in [1.29, 1.82) is 0 Å². The van der Waals surface area contributed by atoms with E-state index < -0.39 is 12.0 Å². The molecule has 0 spiro atoms. The summed E-state index contributed by atoms with van der Waals surface area (Å²) in [6.07, 6.45) is -0.794. The summed E-state index contributed by atoms with van der Waals surface area (Å²) in [7, 11) is 0. The van der Waals surface area contributed by atoms with Crippen LogP contribution >= 0.6 is 0 Å². The number of aromatic nitrogens is 2. The van der Waals surface area contributed by atoms with Crippen molar-refractivity contribution in [2.24, 2.45) is 0 Å². The number of hydrogen-bond acceptors (Lipinski definition) is 4. The first-order valence-corrected chi connectivity index (χ1v) is 6.36. The summed E-state index contributed by atoms with van der Waals surface area (Å²) in [6, 6.07) is 1.41. The van der Waals surface area contributed by atoms with Gasteiger partial charge in [0, 0.05) is 12.6 Å². The van der Waals surface area contributed by atoms with Crippen molar-refractivity contribution in [1.82, 2.24) is 9.97 Å². The Morgan fingerprint density at radius 2 is 2.00 bits per heavy atom. The molecule has 0 amide bonds. The predicted octanol–water partition coefficient (Wildman–Crippen LogP) is 3.25. The second kappa shape index (κ2) is 5.63. The average Bonchev–Trinajstić information content (AvgIpc) is 2.81. The van der Waals surface area contributed by atoms with Gasteiger partial charge in [-0.05, 0) is 32.6 Å². The van der Waals surface area contributed by atoms with Crippen LogP contribution in [0.1, 0.15) is 38.4 Å². The Morgan fingerprint density at radius 1 is 1.32 bits per heavy atom. The quantitative estimate of drug-likeness (QED) is 0.916. The Balaban J connectivity index is 2.22. The van der Waals surface area contributed by atoms with Gasteiger partial charge in [0.25, 0.3) is 0 Å². The van der Waals surface area contributed by atoms with E-state index in [0.717, 1.165) is 25.7 Å². The van der Waals surface area contributed by atoms with Crippen LogP contribution in [0.2, 0.25) is 0 Å². The Labute approximate surface area is 109 Å². The predicted molar refractivity (Wildman–Crippen MR) is 64.1 cm³/mol. The van der Waals surface area contributed by atoms with Crippen LogP contribution in [0.5, 0.6) is 5.88 Å². The lowest BCUT2D eigenvalue weighted by atomic mass is 10.3. The number of nitrogens with one attached hydrogen (secondary N) is 1. The number of hydrogen-bond donors (Lipinski definition) is 1. The molecule has 1 fully saturated rings. The van der Waals surface area contributed by atoms with Crippen LogP contribution in [0, 0.1) is 0 Å². The highest BCUT2D eigenvalue weighted by molar-refractivity contribution is 5.38. The molecule has 0 aliphatic heterocycles. The van der Waals surface area contributed by atoms with Crippen LogP contribution in [0.4, 0.5) is 19.0 Å². The topological polar surface area (TPSA) is 47.0 Å². The maximum Gasteiger partial charge on any atom is 0.451 e. The second-order valence-corrected chi connectivity index (χ2v) is 4.47. The summed E-state index contributed by atoms with van der Waals surface area (Å²) in [5.74, 6) is -1.04. The Hall–Kier alpha value is -1.53. The fraction of sp³-hybridized carbons (Fsp3) is 0.667. The molecule has 0 unspecified atom stereocenters. The molecule has 1 heterocycles. The molecule has 19 heavy (non-hydrogen) atoms. The lowest BCUT2D eigenvalue weighted by Crippen LogP contribution is -2.17. The summed E-state index contributed by atoms with van der Waals surface area (Å²) in [5.41, 5.74) is 0. The summed E-state index contributed by atoms with van der Waals surface area (Å²) < 4.78 is 43.6. The lowest BCUT2D eigenvalue weighted by molar-refractivity contribution is -0.145. The molecule has 1 aromatic rings. The van der Waals surface area contributed by atoms with Crippen LogP contribution < -0.4 is 10.1 Å². The van der Waals surface area contributed by atoms with E-state index in [1.807, 2.05) is 0 Å². The standard InChI is InChI=1S/C12H16F3N3O/c1-2-16-9-7-10(19-8-5-3-4-6-8)18-11(17-9)12(13,14)15/h7-8H,2-6H2,1H3,(H,16,17,18). The molecule has 7 heteroatoms. The zero-order chi connectivity index (χ0) is 13.9. The Morgan fingerprint density at radius 3 is 2.58 bits per heavy atom. The maximum atomic E-state index is 12.7. The fourth-order valence-corrected chi connectivity index (χ4v) is 2.06. The van der Waals surface area contributed by atoms with Gasteiger partial charge >= 0.3 is 6.18 Å². The van der Waals surface area contributed by atoms with Gasteiger partial charge in [0.2, 0.25) is 11.7 Å². The van der Waals surface area contributed by atoms with Crippen molar-refractivity contribution in [2.75, 3.05) is 11.9 Å². The summed E-state index contributed by atoms with van der Waals surface area (Å²) in [4.78, 5) is 6.89. The van der Waals surface area contributed by atoms with Gasteiger partial charge in [-0.1, -0.05) is 0 Å². The summed E-state index contributed by atoms with van der Waals surface area (Å²) in [5, 5.41) is 2.75. The molecule has 106 valence electrons. The number of halogens is 3. The number of ether oxygens (including phenoxy) is 1. The Bertz CT molecular complexity index is 431. The largest absolute Gasteiger partial charge is 0.474 e. The normalized spacial score (nSPS) is 16.6. The van der Waals surface area contributed by atoms with Crippen LogP contribution in [0.15, 0.2) is 6.07 Å². The monoisotopic (exact) mass is 275 g/mol. The van der Waals surface area contributed by atoms with Gasteiger partial charge in [0.15, 0.2) is 0 Å². The van der Waals surface area contributed by atoms with Gasteiger partial charge in [0.1, 0.15) is 11.9 Å². The number of nitrogens with zero attached hydrogens (tertiary/aromatic N) is 2. The van der Waals surface area contributed by atoms with Crippen molar-refractivity contribution >= 4 is 5.82 Å². The van der Waals surface area contributed by atoms with Crippen LogP contribution in [-0.4, -0.2) is 22.6 Å². The van der Waals surface area contributed by atoms with Crippen molar-refractivity contribution in [3.8, 4) is 5.88 Å². The first-order chi connectivity index (χ1) is 8.99. The minimum absolute atomic E-state index is 0.00910. The summed E-state index contributed by atoms with van der Waals surface area (Å²) >= 11 is 0. The highest BCUT2D eigenvalue weighted by Gasteiger charge is 2.36. The Kier molecular flexibility index (Phi) is 4.11. The van der Waals surface area contributed by atoms with Crippen molar-refractivity contribution in [2.45, 2.75) is 44.9 Å². The van der Waals surface area contributed by atoms with E-state index in [2.05, 4.69) is 15.3 Å². The smallest absolute Gasteiger partial charge is 0.451 e. The number of alkyl halides is 3. The van der Waals surface area contributed by atoms with Gasteiger partial charge in [-0.15, -0.1) is 0 Å². The molecule has 0 bridgehead atoms. The molecular formula is C12H16F3N3O. The molecule has 0 radical (unpaired) electrons. The minimum atomic E-state index is -4.57. The minimum Gasteiger partial charge on any atom is -0.474 e. The highest BCUT2D eigenvalue weighted by Crippen LogP contribution is 2.30. The van der Waals surface area contributed by atoms with E-state index >= 15 is 0 Å². The molecule has 0 saturated heterocycles. The van der Waals surface area contributed by atoms with E-state index in [1.165, 1.54) is 6.07 Å². The first-order valence-electron chi connectivity index (χ1n) is 6.36. The van der Waals surface area contributed by atoms with Gasteiger partial charge < -0.3 is 10.1 Å². The second-order valence-electron chi connectivity index (χ2n) is 4.47. The molecule has 2 rings (SSSR count). The molecular weight excluding hydrogens is 259 g/mol. The molecule has 1 aliphatic carbocycles. The van der Waals surface area contributed by atoms with Crippen LogP contribution in [0.3, 0.4) is 0 Å². The molecule has 0 atom stereocenters. The summed E-state index contributed by atoms with van der Waals surface area (Å²) in [6.45, 7) is 2.27. The third-order valence-corrected chi connectivity index (χ3v) is 2.90. The van der Waals surface area contributed by atoms with Crippen molar-refractivity contribution in [3.63, 3.8) is 0 Å². The van der Waals surface area contributed by atoms with E-state index in [1.54, 1.807) is 6.92 Å². The number of anilines is 1. The van der Waals surface area contributed by atoms with Crippen molar-refractivity contribution < 1.29 is 17.9 Å². The third-order valence-electron chi connectivity index (χ3n) is 2.90. The van der Waals surface area contributed by atoms with E-state index in [-0.39, 0.29) is 17.8 Å². The van der Waals surface area contributed by atoms with E-state index in [4.69, 9.17) is 4.74 Å². The zero-order valence-corrected chi connectivity index (χ0v) is 10.6. The number of rotatable bonds is 4. The van der Waals surface area contributed by atoms with Gasteiger partial charge in [0.05, 0.1) is 0 Å². The average molecular weight is 275 g/mol. The lowest BCUT2D eigenvalue weighted by Gasteiger charge is -2.15. The fourth-order valence-electron chi connectivity index (χ4n) is 2.06. The SMILES string of the molecule is CCNc1cc(OC2CCCC2)nc(C(F)(F)F)n1. The van der Waals surface area contributed by atoms with Gasteiger partial charge in [-0.25, -0.2) is 4.98 Å².